The topological polar surface area (TPSA) is 97.2 Å². The molecule has 2 aromatic rings. The summed E-state index contributed by atoms with van der Waals surface area (Å²) in [7, 11) is 0. The molecule has 1 aromatic carbocycles. The fraction of sp³-hybridized carbons (Fsp3) is 0.143. The number of halogens is 1. The van der Waals surface area contributed by atoms with E-state index in [1.165, 1.54) is 30.3 Å². The number of benzene rings is 1. The third kappa shape index (κ3) is 3.98. The van der Waals surface area contributed by atoms with Crippen molar-refractivity contribution < 1.29 is 14.1 Å². The third-order valence-electron chi connectivity index (χ3n) is 2.79. The fourth-order valence-corrected chi connectivity index (χ4v) is 1.71. The molecule has 7 nitrogen and oxygen atoms in total. The minimum absolute atomic E-state index is 0.0176. The number of amides is 1. The molecular weight excluding hydrogens is 291 g/mol. The molecule has 0 bridgehead atoms. The summed E-state index contributed by atoms with van der Waals surface area (Å²) in [5, 5.41) is 15.9. The van der Waals surface area contributed by atoms with Crippen LogP contribution < -0.4 is 10.6 Å². The normalized spacial score (nSPS) is 10.0. The molecule has 22 heavy (non-hydrogen) atoms. The summed E-state index contributed by atoms with van der Waals surface area (Å²) in [4.78, 5) is 25.5. The number of hydrogen-bond acceptors (Lipinski definition) is 5. The van der Waals surface area contributed by atoms with Crippen molar-refractivity contribution in [3.05, 3.63) is 64.1 Å². The SMILES string of the molecule is O=C(NCCNc1ccc([N+](=O)[O-])cn1)c1ccccc1F. The summed E-state index contributed by atoms with van der Waals surface area (Å²) in [6, 6.07) is 8.50. The monoisotopic (exact) mass is 304 g/mol. The highest BCUT2D eigenvalue weighted by Crippen LogP contribution is 2.11. The second kappa shape index (κ2) is 7.11. The van der Waals surface area contributed by atoms with Crippen LogP contribution >= 0.6 is 0 Å². The molecule has 0 fully saturated rings. The summed E-state index contributed by atoms with van der Waals surface area (Å²) in [5.74, 6) is -0.632. The number of rotatable bonds is 6. The first-order chi connectivity index (χ1) is 10.6. The standard InChI is InChI=1S/C14H13FN4O3/c15-12-4-2-1-3-11(12)14(20)17-8-7-16-13-6-5-10(9-18-13)19(21)22/h1-6,9H,7-8H2,(H,16,18)(H,17,20). The van der Waals surface area contributed by atoms with Gasteiger partial charge in [0, 0.05) is 19.2 Å². The highest BCUT2D eigenvalue weighted by molar-refractivity contribution is 5.94. The first-order valence-corrected chi connectivity index (χ1v) is 6.45. The zero-order chi connectivity index (χ0) is 15.9. The molecule has 0 aliphatic heterocycles. The number of nitrogens with one attached hydrogen (secondary N) is 2. The Bertz CT molecular complexity index is 676. The number of nitro groups is 1. The Morgan fingerprint density at radius 1 is 1.23 bits per heavy atom. The van der Waals surface area contributed by atoms with Crippen molar-refractivity contribution in [2.75, 3.05) is 18.4 Å². The van der Waals surface area contributed by atoms with Gasteiger partial charge in [-0.05, 0) is 18.2 Å². The molecule has 114 valence electrons. The highest BCUT2D eigenvalue weighted by Gasteiger charge is 2.09. The van der Waals surface area contributed by atoms with E-state index >= 15 is 0 Å². The Morgan fingerprint density at radius 3 is 2.64 bits per heavy atom. The van der Waals surface area contributed by atoms with Crippen molar-refractivity contribution in [1.29, 1.82) is 0 Å². The molecule has 0 aliphatic rings. The predicted octanol–water partition coefficient (Wildman–Crippen LogP) is 1.97. The van der Waals surface area contributed by atoms with E-state index in [2.05, 4.69) is 15.6 Å². The van der Waals surface area contributed by atoms with Gasteiger partial charge in [0.2, 0.25) is 0 Å². The van der Waals surface area contributed by atoms with Gasteiger partial charge in [0.05, 0.1) is 10.5 Å². The number of aromatic nitrogens is 1. The van der Waals surface area contributed by atoms with Gasteiger partial charge in [-0.1, -0.05) is 12.1 Å². The number of anilines is 1. The molecular formula is C14H13FN4O3. The van der Waals surface area contributed by atoms with Gasteiger partial charge in [0.25, 0.3) is 11.6 Å². The fourth-order valence-electron chi connectivity index (χ4n) is 1.71. The summed E-state index contributed by atoms with van der Waals surface area (Å²) < 4.78 is 13.4. The lowest BCUT2D eigenvalue weighted by Gasteiger charge is -2.07. The van der Waals surface area contributed by atoms with Gasteiger partial charge >= 0.3 is 0 Å². The van der Waals surface area contributed by atoms with Crippen LogP contribution in [0.4, 0.5) is 15.9 Å². The van der Waals surface area contributed by atoms with Gasteiger partial charge < -0.3 is 10.6 Å². The summed E-state index contributed by atoms with van der Waals surface area (Å²) >= 11 is 0. The molecule has 2 rings (SSSR count). The second-order valence-electron chi connectivity index (χ2n) is 4.32. The van der Waals surface area contributed by atoms with Gasteiger partial charge in [-0.3, -0.25) is 14.9 Å². The van der Waals surface area contributed by atoms with Crippen LogP contribution in [0.25, 0.3) is 0 Å². The molecule has 1 amide bonds. The minimum atomic E-state index is -0.579. The summed E-state index contributed by atoms with van der Waals surface area (Å²) in [6.07, 6.45) is 1.14. The highest BCUT2D eigenvalue weighted by atomic mass is 19.1. The molecule has 0 unspecified atom stereocenters. The summed E-state index contributed by atoms with van der Waals surface area (Å²) in [6.45, 7) is 0.608. The van der Waals surface area contributed by atoms with Crippen LogP contribution in [0, 0.1) is 15.9 Å². The van der Waals surface area contributed by atoms with Crippen molar-refractivity contribution >= 4 is 17.4 Å². The van der Waals surface area contributed by atoms with Crippen molar-refractivity contribution in [3.63, 3.8) is 0 Å². The molecule has 0 spiro atoms. The summed E-state index contributed by atoms with van der Waals surface area (Å²) in [5.41, 5.74) is -0.116. The van der Waals surface area contributed by atoms with Crippen LogP contribution in [-0.4, -0.2) is 28.9 Å². The molecule has 8 heteroatoms. The Labute approximate surface area is 125 Å². The second-order valence-corrected chi connectivity index (χ2v) is 4.32. The lowest BCUT2D eigenvalue weighted by Crippen LogP contribution is -2.29. The van der Waals surface area contributed by atoms with Gasteiger partial charge in [0.15, 0.2) is 0 Å². The molecule has 0 radical (unpaired) electrons. The maximum absolute atomic E-state index is 13.4. The average molecular weight is 304 g/mol. The van der Waals surface area contributed by atoms with E-state index in [9.17, 15) is 19.3 Å². The average Bonchev–Trinajstić information content (AvgIpc) is 2.52. The number of hydrogen-bond donors (Lipinski definition) is 2. The van der Waals surface area contributed by atoms with Crippen LogP contribution in [-0.2, 0) is 0 Å². The molecule has 0 saturated carbocycles. The lowest BCUT2D eigenvalue weighted by atomic mass is 10.2. The Morgan fingerprint density at radius 2 is 2.00 bits per heavy atom. The largest absolute Gasteiger partial charge is 0.368 e. The smallest absolute Gasteiger partial charge is 0.287 e. The van der Waals surface area contributed by atoms with Crippen LogP contribution in [0.3, 0.4) is 0 Å². The van der Waals surface area contributed by atoms with E-state index in [-0.39, 0.29) is 17.8 Å². The van der Waals surface area contributed by atoms with Crippen LogP contribution in [0.15, 0.2) is 42.6 Å². The van der Waals surface area contributed by atoms with Crippen molar-refractivity contribution in [3.8, 4) is 0 Å². The maximum Gasteiger partial charge on any atom is 0.287 e. The first-order valence-electron chi connectivity index (χ1n) is 6.45. The van der Waals surface area contributed by atoms with Crippen molar-refractivity contribution in [2.24, 2.45) is 0 Å². The van der Waals surface area contributed by atoms with Gasteiger partial charge in [0.1, 0.15) is 17.8 Å². The molecule has 0 atom stereocenters. The molecule has 0 saturated heterocycles. The zero-order valence-electron chi connectivity index (χ0n) is 11.5. The molecule has 2 N–H and O–H groups in total. The van der Waals surface area contributed by atoms with E-state index in [0.29, 0.717) is 12.4 Å². The van der Waals surface area contributed by atoms with E-state index in [0.717, 1.165) is 6.20 Å². The van der Waals surface area contributed by atoms with Crippen LogP contribution in [0.1, 0.15) is 10.4 Å². The number of nitrogens with zero attached hydrogens (tertiary/aromatic N) is 2. The zero-order valence-corrected chi connectivity index (χ0v) is 11.5. The molecule has 0 aliphatic carbocycles. The van der Waals surface area contributed by atoms with Crippen LogP contribution in [0.2, 0.25) is 0 Å². The third-order valence-corrected chi connectivity index (χ3v) is 2.79. The van der Waals surface area contributed by atoms with Gasteiger partial charge in [-0.15, -0.1) is 0 Å². The Hall–Kier alpha value is -3.03. The van der Waals surface area contributed by atoms with Crippen molar-refractivity contribution in [1.82, 2.24) is 10.3 Å². The lowest BCUT2D eigenvalue weighted by molar-refractivity contribution is -0.385. The number of carbonyl (C=O) groups excluding carboxylic acids is 1. The van der Waals surface area contributed by atoms with E-state index in [1.54, 1.807) is 6.07 Å². The Kier molecular flexibility index (Phi) is 4.97. The number of pyridine rings is 1. The van der Waals surface area contributed by atoms with Crippen molar-refractivity contribution in [2.45, 2.75) is 0 Å². The minimum Gasteiger partial charge on any atom is -0.368 e. The van der Waals surface area contributed by atoms with E-state index < -0.39 is 16.6 Å². The molecule has 1 heterocycles. The Balaban J connectivity index is 1.78. The maximum atomic E-state index is 13.4. The predicted molar refractivity (Wildman–Crippen MR) is 78.1 cm³/mol. The van der Waals surface area contributed by atoms with E-state index in [1.807, 2.05) is 0 Å². The van der Waals surface area contributed by atoms with Gasteiger partial charge in [-0.2, -0.15) is 0 Å². The van der Waals surface area contributed by atoms with Crippen LogP contribution in [0.5, 0.6) is 0 Å². The first kappa shape index (κ1) is 15.4. The molecule has 1 aromatic heterocycles. The van der Waals surface area contributed by atoms with E-state index in [4.69, 9.17) is 0 Å². The number of carbonyl (C=O) groups is 1. The van der Waals surface area contributed by atoms with Gasteiger partial charge in [-0.25, -0.2) is 9.37 Å². The quantitative estimate of drug-likeness (QED) is 0.483.